The second-order valence-electron chi connectivity index (χ2n) is 2.17. The predicted octanol–water partition coefficient (Wildman–Crippen LogP) is 1.34. The van der Waals surface area contributed by atoms with E-state index in [-0.39, 0.29) is 5.69 Å². The first-order valence-electron chi connectivity index (χ1n) is 3.08. The Kier molecular flexibility index (Phi) is 2.07. The van der Waals surface area contributed by atoms with Crippen molar-refractivity contribution in [2.75, 3.05) is 0 Å². The first-order valence-corrected chi connectivity index (χ1v) is 3.08. The van der Waals surface area contributed by atoms with Gasteiger partial charge in [0.05, 0.1) is 0 Å². The average molecular weight is 176 g/mol. The lowest BCUT2D eigenvalue weighted by Gasteiger charge is -1.94. The minimum Gasteiger partial charge on any atom is -0.394 e. The largest absolute Gasteiger partial charge is 0.501 e. The van der Waals surface area contributed by atoms with Crippen molar-refractivity contribution >= 4 is 6.22 Å². The smallest absolute Gasteiger partial charge is 0.394 e. The summed E-state index contributed by atoms with van der Waals surface area (Å²) in [5.41, 5.74) is 0.126. The van der Waals surface area contributed by atoms with Crippen molar-refractivity contribution in [1.82, 2.24) is 9.78 Å². The zero-order valence-electron chi connectivity index (χ0n) is 6.47. The maximum atomic E-state index is 12.8. The Morgan fingerprint density at radius 2 is 2.25 bits per heavy atom. The zero-order valence-corrected chi connectivity index (χ0v) is 6.47. The molecule has 0 bridgehead atoms. The van der Waals surface area contributed by atoms with Gasteiger partial charge in [-0.2, -0.15) is 9.49 Å². The molecular formula is C6H6F2N2O2. The van der Waals surface area contributed by atoms with Crippen LogP contribution in [0.25, 0.3) is 0 Å². The molecule has 1 heterocycles. The molecule has 66 valence electrons. The molecule has 0 saturated heterocycles. The molecule has 0 N–H and O–H groups in total. The van der Waals surface area contributed by atoms with E-state index in [4.69, 9.17) is 0 Å². The SMILES string of the molecule is Cc1nn(C)c(F)c1OC(=O)F. The van der Waals surface area contributed by atoms with E-state index in [9.17, 15) is 13.6 Å². The number of nitrogens with zero attached hydrogens (tertiary/aromatic N) is 2. The Hall–Kier alpha value is -1.46. The average Bonchev–Trinajstić information content (AvgIpc) is 2.16. The minimum atomic E-state index is -2.05. The predicted molar refractivity (Wildman–Crippen MR) is 35.0 cm³/mol. The highest BCUT2D eigenvalue weighted by molar-refractivity contribution is 5.62. The van der Waals surface area contributed by atoms with E-state index in [1.54, 1.807) is 0 Å². The summed E-state index contributed by atoms with van der Waals surface area (Å²) in [5.74, 6) is -1.34. The van der Waals surface area contributed by atoms with Crippen LogP contribution in [0.5, 0.6) is 5.75 Å². The van der Waals surface area contributed by atoms with Crippen LogP contribution in [0, 0.1) is 12.9 Å². The van der Waals surface area contributed by atoms with Gasteiger partial charge in [0.15, 0.2) is 0 Å². The van der Waals surface area contributed by atoms with Gasteiger partial charge in [-0.1, -0.05) is 0 Å². The lowest BCUT2D eigenvalue weighted by Crippen LogP contribution is -2.00. The topological polar surface area (TPSA) is 44.1 Å². The van der Waals surface area contributed by atoms with Crippen molar-refractivity contribution in [2.24, 2.45) is 7.05 Å². The number of hydrogen-bond donors (Lipinski definition) is 0. The maximum Gasteiger partial charge on any atom is 0.501 e. The third-order valence-electron chi connectivity index (χ3n) is 1.28. The molecule has 1 rings (SSSR count). The molecule has 12 heavy (non-hydrogen) atoms. The highest BCUT2D eigenvalue weighted by Gasteiger charge is 2.17. The lowest BCUT2D eigenvalue weighted by molar-refractivity contribution is 0.173. The number of rotatable bonds is 1. The van der Waals surface area contributed by atoms with Gasteiger partial charge in [-0.05, 0) is 6.92 Å². The van der Waals surface area contributed by atoms with Crippen LogP contribution in [-0.4, -0.2) is 16.0 Å². The summed E-state index contributed by atoms with van der Waals surface area (Å²) in [6.45, 7) is 1.40. The Morgan fingerprint density at radius 1 is 1.67 bits per heavy atom. The second-order valence-corrected chi connectivity index (χ2v) is 2.17. The van der Waals surface area contributed by atoms with E-state index in [0.29, 0.717) is 0 Å². The molecule has 0 aliphatic heterocycles. The van der Waals surface area contributed by atoms with Crippen LogP contribution in [-0.2, 0) is 7.05 Å². The molecule has 0 saturated carbocycles. The van der Waals surface area contributed by atoms with Crippen LogP contribution < -0.4 is 4.74 Å². The van der Waals surface area contributed by atoms with Gasteiger partial charge in [0.1, 0.15) is 5.69 Å². The molecule has 1 aromatic rings. The Labute approximate surface area is 66.7 Å². The molecule has 0 radical (unpaired) electrons. The molecule has 4 nitrogen and oxygen atoms in total. The highest BCUT2D eigenvalue weighted by Crippen LogP contribution is 2.20. The highest BCUT2D eigenvalue weighted by atomic mass is 19.1. The van der Waals surface area contributed by atoms with Gasteiger partial charge in [-0.15, -0.1) is 4.39 Å². The number of ether oxygens (including phenoxy) is 1. The van der Waals surface area contributed by atoms with E-state index in [0.717, 1.165) is 4.68 Å². The summed E-state index contributed by atoms with van der Waals surface area (Å²) in [7, 11) is 1.32. The Morgan fingerprint density at radius 3 is 2.58 bits per heavy atom. The third kappa shape index (κ3) is 1.41. The Bertz CT molecular complexity index is 322. The number of hydrogen-bond acceptors (Lipinski definition) is 3. The van der Waals surface area contributed by atoms with E-state index >= 15 is 0 Å². The van der Waals surface area contributed by atoms with Gasteiger partial charge >= 0.3 is 6.22 Å². The summed E-state index contributed by atoms with van der Waals surface area (Å²) >= 11 is 0. The van der Waals surface area contributed by atoms with Gasteiger partial charge in [0.2, 0.25) is 5.75 Å². The minimum absolute atomic E-state index is 0.126. The molecule has 0 aliphatic rings. The molecule has 0 spiro atoms. The van der Waals surface area contributed by atoms with Crippen LogP contribution in [0.2, 0.25) is 0 Å². The van der Waals surface area contributed by atoms with E-state index < -0.39 is 17.9 Å². The van der Waals surface area contributed by atoms with E-state index in [2.05, 4.69) is 9.84 Å². The maximum absolute atomic E-state index is 12.8. The van der Waals surface area contributed by atoms with Crippen LogP contribution >= 0.6 is 0 Å². The fourth-order valence-corrected chi connectivity index (χ4v) is 0.807. The van der Waals surface area contributed by atoms with Crippen LogP contribution in [0.15, 0.2) is 0 Å². The third-order valence-corrected chi connectivity index (χ3v) is 1.28. The van der Waals surface area contributed by atoms with Gasteiger partial charge in [0, 0.05) is 7.05 Å². The molecular weight excluding hydrogens is 170 g/mol. The summed E-state index contributed by atoms with van der Waals surface area (Å²) in [6, 6.07) is 0. The summed E-state index contributed by atoms with van der Waals surface area (Å²) in [4.78, 5) is 9.83. The lowest BCUT2D eigenvalue weighted by atomic mass is 10.4. The molecule has 0 aromatic carbocycles. The summed E-state index contributed by atoms with van der Waals surface area (Å²) in [6.07, 6.45) is -2.05. The number of carbonyl (C=O) groups excluding carboxylic acids is 1. The normalized spacial score (nSPS) is 10.0. The van der Waals surface area contributed by atoms with Gasteiger partial charge in [0.25, 0.3) is 5.95 Å². The van der Waals surface area contributed by atoms with Crippen molar-refractivity contribution in [3.63, 3.8) is 0 Å². The molecule has 0 amide bonds. The summed E-state index contributed by atoms with van der Waals surface area (Å²) < 4.78 is 29.3. The number of carbonyl (C=O) groups is 1. The second kappa shape index (κ2) is 2.88. The molecule has 6 heteroatoms. The standard InChI is InChI=1S/C6H6F2N2O2/c1-3-4(12-6(8)11)5(7)10(2)9-3/h1-2H3. The van der Waals surface area contributed by atoms with Crippen LogP contribution in [0.1, 0.15) is 5.69 Å². The van der Waals surface area contributed by atoms with Crippen LogP contribution in [0.3, 0.4) is 0 Å². The van der Waals surface area contributed by atoms with Gasteiger partial charge in [-0.3, -0.25) is 0 Å². The number of aryl methyl sites for hydroxylation is 2. The van der Waals surface area contributed by atoms with Crippen LogP contribution in [0.4, 0.5) is 13.6 Å². The number of halogens is 2. The zero-order chi connectivity index (χ0) is 9.30. The quantitative estimate of drug-likeness (QED) is 0.606. The van der Waals surface area contributed by atoms with Crippen molar-refractivity contribution in [3.8, 4) is 5.75 Å². The first kappa shape index (κ1) is 8.63. The molecule has 0 fully saturated rings. The molecule has 0 aliphatic carbocycles. The van der Waals surface area contributed by atoms with E-state index in [1.807, 2.05) is 0 Å². The fourth-order valence-electron chi connectivity index (χ4n) is 0.807. The van der Waals surface area contributed by atoms with Crippen molar-refractivity contribution in [2.45, 2.75) is 6.92 Å². The monoisotopic (exact) mass is 176 g/mol. The number of aromatic nitrogens is 2. The van der Waals surface area contributed by atoms with Gasteiger partial charge in [-0.25, -0.2) is 9.48 Å². The fraction of sp³-hybridized carbons (Fsp3) is 0.333. The Balaban J connectivity index is 3.05. The van der Waals surface area contributed by atoms with Crippen molar-refractivity contribution < 1.29 is 18.3 Å². The van der Waals surface area contributed by atoms with E-state index in [1.165, 1.54) is 14.0 Å². The van der Waals surface area contributed by atoms with Crippen molar-refractivity contribution in [3.05, 3.63) is 11.6 Å². The van der Waals surface area contributed by atoms with Gasteiger partial charge < -0.3 is 4.74 Å². The summed E-state index contributed by atoms with van der Waals surface area (Å²) in [5, 5.41) is 3.56. The van der Waals surface area contributed by atoms with Crippen molar-refractivity contribution in [1.29, 1.82) is 0 Å². The molecule has 1 aromatic heterocycles. The first-order chi connectivity index (χ1) is 5.52. The molecule has 0 atom stereocenters. The molecule has 0 unspecified atom stereocenters.